The number of nitrogens with zero attached hydrogens (tertiary/aromatic N) is 2. The van der Waals surface area contributed by atoms with Gasteiger partial charge in [0.15, 0.2) is 0 Å². The molecule has 1 saturated heterocycles. The molecule has 0 spiro atoms. The van der Waals surface area contributed by atoms with Crippen LogP contribution in [0.2, 0.25) is 0 Å². The molecule has 0 aromatic heterocycles. The first kappa shape index (κ1) is 17.6. The molecule has 26 heavy (non-hydrogen) atoms. The number of likely N-dealkylation sites (tertiary alicyclic amines) is 1. The third-order valence-corrected chi connectivity index (χ3v) is 7.64. The number of fused-ring (bicyclic) bond motifs is 3. The lowest BCUT2D eigenvalue weighted by atomic mass is 9.89. The minimum Gasteiger partial charge on any atom is -0.306 e. The summed E-state index contributed by atoms with van der Waals surface area (Å²) in [5.74, 6) is 0.244. The molecule has 4 nitrogen and oxygen atoms in total. The van der Waals surface area contributed by atoms with Gasteiger partial charge in [-0.05, 0) is 62.7 Å². The van der Waals surface area contributed by atoms with Crippen molar-refractivity contribution in [1.82, 2.24) is 4.90 Å². The van der Waals surface area contributed by atoms with Crippen LogP contribution in [0.15, 0.2) is 47.4 Å². The van der Waals surface area contributed by atoms with Crippen molar-refractivity contribution >= 4 is 15.7 Å². The van der Waals surface area contributed by atoms with Crippen molar-refractivity contribution in [2.24, 2.45) is 0 Å². The molecule has 0 N–H and O–H groups in total. The molecule has 2 aliphatic rings. The molecular formula is C21H26N2O2S. The highest BCUT2D eigenvalue weighted by Gasteiger charge is 2.46. The second-order valence-corrected chi connectivity index (χ2v) is 9.40. The number of hydrogen-bond donors (Lipinski definition) is 0. The quantitative estimate of drug-likeness (QED) is 0.830. The Bertz CT molecular complexity index is 922. The van der Waals surface area contributed by atoms with Gasteiger partial charge in [-0.3, -0.25) is 4.31 Å². The minimum absolute atomic E-state index is 0.0128. The van der Waals surface area contributed by atoms with E-state index in [-0.39, 0.29) is 12.0 Å². The summed E-state index contributed by atoms with van der Waals surface area (Å²) in [6.07, 6.45) is 1.77. The van der Waals surface area contributed by atoms with Crippen LogP contribution in [0.4, 0.5) is 5.69 Å². The Balaban J connectivity index is 1.82. The first-order chi connectivity index (χ1) is 12.4. The van der Waals surface area contributed by atoms with Gasteiger partial charge >= 0.3 is 0 Å². The molecule has 0 amide bonds. The fourth-order valence-corrected chi connectivity index (χ4v) is 6.10. The summed E-state index contributed by atoms with van der Waals surface area (Å²) in [7, 11) is -1.45. The van der Waals surface area contributed by atoms with E-state index in [9.17, 15) is 8.42 Å². The monoisotopic (exact) mass is 370 g/mol. The number of benzene rings is 2. The van der Waals surface area contributed by atoms with E-state index in [0.717, 1.165) is 37.2 Å². The zero-order chi connectivity index (χ0) is 18.5. The third kappa shape index (κ3) is 2.74. The maximum absolute atomic E-state index is 13.5. The number of piperidine rings is 1. The molecule has 0 unspecified atom stereocenters. The highest BCUT2D eigenvalue weighted by Crippen LogP contribution is 2.47. The Kier molecular flexibility index (Phi) is 4.32. The van der Waals surface area contributed by atoms with Gasteiger partial charge in [0.2, 0.25) is 0 Å². The molecule has 0 aliphatic carbocycles. The molecule has 2 aliphatic heterocycles. The van der Waals surface area contributed by atoms with Crippen LogP contribution in [0.1, 0.15) is 36.0 Å². The van der Waals surface area contributed by atoms with Gasteiger partial charge in [0, 0.05) is 12.5 Å². The SMILES string of the molecule is CCc1ccc(S(=O)(=O)N2c3ccc(C)cc3[C@@H]3CN(C)CC[C@H]32)cc1. The van der Waals surface area contributed by atoms with Gasteiger partial charge in [-0.2, -0.15) is 0 Å². The molecule has 0 saturated carbocycles. The van der Waals surface area contributed by atoms with Crippen molar-refractivity contribution in [3.63, 3.8) is 0 Å². The lowest BCUT2D eigenvalue weighted by Gasteiger charge is -2.36. The first-order valence-electron chi connectivity index (χ1n) is 9.34. The topological polar surface area (TPSA) is 40.6 Å². The molecule has 0 bridgehead atoms. The molecule has 5 heteroatoms. The van der Waals surface area contributed by atoms with Gasteiger partial charge in [-0.1, -0.05) is 36.8 Å². The molecule has 2 aromatic carbocycles. The molecule has 4 rings (SSSR count). The Morgan fingerprint density at radius 1 is 1.12 bits per heavy atom. The van der Waals surface area contributed by atoms with Gasteiger partial charge in [-0.15, -0.1) is 0 Å². The van der Waals surface area contributed by atoms with Crippen molar-refractivity contribution in [3.05, 3.63) is 59.2 Å². The van der Waals surface area contributed by atoms with E-state index < -0.39 is 10.0 Å². The standard InChI is InChI=1S/C21H26N2O2S/c1-4-16-6-8-17(9-7-16)26(24,25)23-20-10-5-15(2)13-18(20)19-14-22(3)12-11-21(19)23/h5-10,13,19,21H,4,11-12,14H2,1-3H3/t19-,21+/m0/s1. The van der Waals surface area contributed by atoms with E-state index in [1.165, 1.54) is 11.1 Å². The van der Waals surface area contributed by atoms with Gasteiger partial charge in [0.1, 0.15) is 0 Å². The molecular weight excluding hydrogens is 344 g/mol. The first-order valence-corrected chi connectivity index (χ1v) is 10.8. The summed E-state index contributed by atoms with van der Waals surface area (Å²) >= 11 is 0. The van der Waals surface area contributed by atoms with E-state index in [0.29, 0.717) is 4.90 Å². The lowest BCUT2D eigenvalue weighted by molar-refractivity contribution is 0.237. The fourth-order valence-electron chi connectivity index (χ4n) is 4.36. The second-order valence-electron chi connectivity index (χ2n) is 7.59. The normalized spacial score (nSPS) is 23.0. The van der Waals surface area contributed by atoms with Crippen LogP contribution in [0.25, 0.3) is 0 Å². The van der Waals surface area contributed by atoms with Crippen molar-refractivity contribution in [2.45, 2.75) is 43.5 Å². The van der Waals surface area contributed by atoms with Gasteiger partial charge in [0.25, 0.3) is 10.0 Å². The molecule has 0 radical (unpaired) electrons. The van der Waals surface area contributed by atoms with Crippen LogP contribution in [0.3, 0.4) is 0 Å². The number of anilines is 1. The Morgan fingerprint density at radius 2 is 1.85 bits per heavy atom. The van der Waals surface area contributed by atoms with Crippen molar-refractivity contribution in [1.29, 1.82) is 0 Å². The summed E-state index contributed by atoms with van der Waals surface area (Å²) in [5, 5.41) is 0. The lowest BCUT2D eigenvalue weighted by Crippen LogP contribution is -2.47. The summed E-state index contributed by atoms with van der Waals surface area (Å²) in [5.41, 5.74) is 4.37. The Morgan fingerprint density at radius 3 is 2.54 bits per heavy atom. The summed E-state index contributed by atoms with van der Waals surface area (Å²) in [4.78, 5) is 2.69. The smallest absolute Gasteiger partial charge is 0.264 e. The predicted octanol–water partition coefficient (Wildman–Crippen LogP) is 3.55. The van der Waals surface area contributed by atoms with Crippen LogP contribution >= 0.6 is 0 Å². The average Bonchev–Trinajstić information content (AvgIpc) is 2.95. The molecule has 138 valence electrons. The summed E-state index contributed by atoms with van der Waals surface area (Å²) in [6.45, 7) is 5.98. The van der Waals surface area contributed by atoms with Gasteiger partial charge in [0.05, 0.1) is 16.6 Å². The van der Waals surface area contributed by atoms with E-state index in [4.69, 9.17) is 0 Å². The van der Waals surface area contributed by atoms with E-state index in [2.05, 4.69) is 31.9 Å². The average molecular weight is 371 g/mol. The number of hydrogen-bond acceptors (Lipinski definition) is 3. The number of sulfonamides is 1. The summed E-state index contributed by atoms with van der Waals surface area (Å²) < 4.78 is 28.8. The largest absolute Gasteiger partial charge is 0.306 e. The summed E-state index contributed by atoms with van der Waals surface area (Å²) in [6, 6.07) is 13.5. The van der Waals surface area contributed by atoms with E-state index in [1.807, 2.05) is 24.3 Å². The fraction of sp³-hybridized carbons (Fsp3) is 0.429. The number of rotatable bonds is 3. The second kappa shape index (κ2) is 6.39. The maximum atomic E-state index is 13.5. The van der Waals surface area contributed by atoms with Gasteiger partial charge < -0.3 is 4.90 Å². The predicted molar refractivity (Wildman–Crippen MR) is 105 cm³/mol. The molecule has 2 aromatic rings. The molecule has 2 atom stereocenters. The van der Waals surface area contributed by atoms with E-state index >= 15 is 0 Å². The van der Waals surface area contributed by atoms with Crippen LogP contribution in [-0.4, -0.2) is 39.5 Å². The van der Waals surface area contributed by atoms with E-state index in [1.54, 1.807) is 16.4 Å². The van der Waals surface area contributed by atoms with Crippen molar-refractivity contribution in [3.8, 4) is 0 Å². The van der Waals surface area contributed by atoms with Crippen LogP contribution in [-0.2, 0) is 16.4 Å². The zero-order valence-corrected chi connectivity index (χ0v) is 16.5. The van der Waals surface area contributed by atoms with Crippen LogP contribution < -0.4 is 4.31 Å². The van der Waals surface area contributed by atoms with Crippen LogP contribution in [0, 0.1) is 6.92 Å². The third-order valence-electron chi connectivity index (χ3n) is 5.79. The zero-order valence-electron chi connectivity index (χ0n) is 15.6. The number of likely N-dealkylation sites (N-methyl/N-ethyl adjacent to an activating group) is 1. The van der Waals surface area contributed by atoms with Crippen LogP contribution in [0.5, 0.6) is 0 Å². The minimum atomic E-state index is -3.56. The highest BCUT2D eigenvalue weighted by molar-refractivity contribution is 7.92. The highest BCUT2D eigenvalue weighted by atomic mass is 32.2. The van der Waals surface area contributed by atoms with Gasteiger partial charge in [-0.25, -0.2) is 8.42 Å². The molecule has 1 fully saturated rings. The van der Waals surface area contributed by atoms with Crippen molar-refractivity contribution < 1.29 is 8.42 Å². The number of aryl methyl sites for hydroxylation is 2. The maximum Gasteiger partial charge on any atom is 0.264 e. The van der Waals surface area contributed by atoms with Crippen molar-refractivity contribution in [2.75, 3.05) is 24.4 Å². The Labute approximate surface area is 156 Å². The molecule has 2 heterocycles. The Hall–Kier alpha value is -1.85.